The molecule has 0 heterocycles. The van der Waals surface area contributed by atoms with Crippen molar-refractivity contribution in [3.63, 3.8) is 0 Å². The molecule has 0 aliphatic carbocycles. The molecule has 25 heavy (non-hydrogen) atoms. The summed E-state index contributed by atoms with van der Waals surface area (Å²) in [4.78, 5) is 36.9. The van der Waals surface area contributed by atoms with Crippen LogP contribution in [-0.4, -0.2) is 62.3 Å². The summed E-state index contributed by atoms with van der Waals surface area (Å²) < 4.78 is 14.7. The van der Waals surface area contributed by atoms with Crippen LogP contribution < -0.4 is 0 Å². The fourth-order valence-corrected chi connectivity index (χ4v) is 1.87. The van der Waals surface area contributed by atoms with Gasteiger partial charge in [0, 0.05) is 36.4 Å². The average molecular weight is 353 g/mol. The summed E-state index contributed by atoms with van der Waals surface area (Å²) in [6.07, 6.45) is 0. The molecule has 7 nitrogen and oxygen atoms in total. The first kappa shape index (κ1) is 22.6. The molecule has 0 bridgehead atoms. The fraction of sp³-hybridized carbons (Fsp3) is 0.500. The number of esters is 3. The maximum absolute atomic E-state index is 11.7. The topological polar surface area (TPSA) is 82.1 Å². The second kappa shape index (κ2) is 12.0. The number of nitrogens with zero attached hydrogens (tertiary/aromatic N) is 1. The van der Waals surface area contributed by atoms with Crippen LogP contribution in [0, 0.1) is 0 Å². The minimum Gasteiger partial charge on any atom is -0.463 e. The van der Waals surface area contributed by atoms with Gasteiger partial charge in [-0.3, -0.25) is 4.90 Å². The quantitative estimate of drug-likeness (QED) is 0.300. The number of rotatable bonds is 12. The summed E-state index contributed by atoms with van der Waals surface area (Å²) in [6, 6.07) is 0. The molecule has 0 aromatic heterocycles. The summed E-state index contributed by atoms with van der Waals surface area (Å²) in [6.45, 7) is 17.0. The van der Waals surface area contributed by atoms with Gasteiger partial charge >= 0.3 is 17.9 Å². The summed E-state index contributed by atoms with van der Waals surface area (Å²) in [7, 11) is 0. The third-order valence-electron chi connectivity index (χ3n) is 2.94. The predicted molar refractivity (Wildman–Crippen MR) is 93.8 cm³/mol. The Morgan fingerprint density at radius 2 is 0.880 bits per heavy atom. The summed E-state index contributed by atoms with van der Waals surface area (Å²) in [5, 5.41) is 0. The molecule has 0 rings (SSSR count). The Bertz CT molecular complexity index is 462. The lowest BCUT2D eigenvalue weighted by Crippen LogP contribution is -2.35. The highest BCUT2D eigenvalue weighted by Gasteiger charge is 2.20. The standard InChI is InChI=1S/C18H27NO6/c1-7-23-16(20)13(4)10-19(11-14(5)17(21)24-8-2)12-15(6)18(22)25-9-3/h4-12H2,1-3H3. The third kappa shape index (κ3) is 8.85. The number of hydrogen-bond acceptors (Lipinski definition) is 7. The second-order valence-corrected chi connectivity index (χ2v) is 5.12. The Morgan fingerprint density at radius 3 is 1.08 bits per heavy atom. The van der Waals surface area contributed by atoms with Crippen LogP contribution in [0.1, 0.15) is 20.8 Å². The van der Waals surface area contributed by atoms with Crippen molar-refractivity contribution in [2.75, 3.05) is 39.5 Å². The van der Waals surface area contributed by atoms with Gasteiger partial charge in [-0.15, -0.1) is 0 Å². The lowest BCUT2D eigenvalue weighted by molar-refractivity contribution is -0.139. The van der Waals surface area contributed by atoms with E-state index < -0.39 is 17.9 Å². The molecular formula is C18H27NO6. The molecule has 0 N–H and O–H groups in total. The summed E-state index contributed by atoms with van der Waals surface area (Å²) in [5.74, 6) is -1.64. The number of carbonyl (C=O) groups is 3. The van der Waals surface area contributed by atoms with Crippen molar-refractivity contribution in [3.05, 3.63) is 36.5 Å². The van der Waals surface area contributed by atoms with Crippen LogP contribution >= 0.6 is 0 Å². The number of ether oxygens (including phenoxy) is 3. The van der Waals surface area contributed by atoms with E-state index in [1.54, 1.807) is 25.7 Å². The van der Waals surface area contributed by atoms with E-state index in [0.717, 1.165) is 0 Å². The van der Waals surface area contributed by atoms with E-state index in [0.29, 0.717) is 0 Å². The van der Waals surface area contributed by atoms with Crippen LogP contribution in [0.25, 0.3) is 0 Å². The normalized spacial score (nSPS) is 10.1. The van der Waals surface area contributed by atoms with Gasteiger partial charge in [-0.2, -0.15) is 0 Å². The smallest absolute Gasteiger partial charge is 0.334 e. The zero-order valence-electron chi connectivity index (χ0n) is 15.3. The van der Waals surface area contributed by atoms with Crippen molar-refractivity contribution in [2.24, 2.45) is 0 Å². The lowest BCUT2D eigenvalue weighted by atomic mass is 10.2. The van der Waals surface area contributed by atoms with E-state index >= 15 is 0 Å². The van der Waals surface area contributed by atoms with Crippen LogP contribution in [0.15, 0.2) is 36.5 Å². The highest BCUT2D eigenvalue weighted by atomic mass is 16.5. The van der Waals surface area contributed by atoms with Gasteiger partial charge in [0.2, 0.25) is 0 Å². The lowest BCUT2D eigenvalue weighted by Gasteiger charge is -2.23. The van der Waals surface area contributed by atoms with Gasteiger partial charge < -0.3 is 14.2 Å². The van der Waals surface area contributed by atoms with Crippen molar-refractivity contribution >= 4 is 17.9 Å². The summed E-state index contributed by atoms with van der Waals surface area (Å²) in [5.41, 5.74) is 0.570. The molecule has 0 aromatic rings. The fourth-order valence-electron chi connectivity index (χ4n) is 1.87. The molecule has 0 aliphatic heterocycles. The first-order valence-corrected chi connectivity index (χ1v) is 8.03. The molecule has 0 fully saturated rings. The molecule has 0 saturated carbocycles. The third-order valence-corrected chi connectivity index (χ3v) is 2.94. The molecule has 7 heteroatoms. The first-order chi connectivity index (χ1) is 11.8. The van der Waals surface area contributed by atoms with Crippen LogP contribution in [-0.2, 0) is 28.6 Å². The van der Waals surface area contributed by atoms with E-state index in [1.807, 2.05) is 0 Å². The summed E-state index contributed by atoms with van der Waals surface area (Å²) >= 11 is 0. The van der Waals surface area contributed by atoms with Crippen molar-refractivity contribution in [3.8, 4) is 0 Å². The van der Waals surface area contributed by atoms with E-state index in [9.17, 15) is 14.4 Å². The van der Waals surface area contributed by atoms with Crippen molar-refractivity contribution in [2.45, 2.75) is 20.8 Å². The minimum absolute atomic E-state index is 0.0791. The minimum atomic E-state index is -0.545. The Balaban J connectivity index is 5.03. The molecular weight excluding hydrogens is 326 g/mol. The van der Waals surface area contributed by atoms with Gasteiger partial charge in [0.25, 0.3) is 0 Å². The molecule has 0 saturated heterocycles. The Morgan fingerprint density at radius 1 is 0.640 bits per heavy atom. The zero-order valence-corrected chi connectivity index (χ0v) is 15.3. The van der Waals surface area contributed by atoms with Gasteiger partial charge in [-0.05, 0) is 20.8 Å². The Labute approximate surface area is 148 Å². The van der Waals surface area contributed by atoms with Gasteiger partial charge in [0.15, 0.2) is 0 Å². The highest BCUT2D eigenvalue weighted by Crippen LogP contribution is 2.09. The Hall–Kier alpha value is -2.41. The molecule has 0 aliphatic rings. The van der Waals surface area contributed by atoms with E-state index in [2.05, 4.69) is 19.7 Å². The van der Waals surface area contributed by atoms with E-state index in [4.69, 9.17) is 14.2 Å². The van der Waals surface area contributed by atoms with Crippen molar-refractivity contribution < 1.29 is 28.6 Å². The van der Waals surface area contributed by atoms with E-state index in [1.165, 1.54) is 0 Å². The number of carbonyl (C=O) groups excluding carboxylic acids is 3. The first-order valence-electron chi connectivity index (χ1n) is 8.03. The molecule has 140 valence electrons. The maximum Gasteiger partial charge on any atom is 0.334 e. The molecule has 0 aromatic carbocycles. The zero-order chi connectivity index (χ0) is 19.4. The van der Waals surface area contributed by atoms with Gasteiger partial charge in [0.05, 0.1) is 19.8 Å². The van der Waals surface area contributed by atoms with Gasteiger partial charge in [0.1, 0.15) is 0 Å². The number of hydrogen-bond donors (Lipinski definition) is 0. The molecule has 0 radical (unpaired) electrons. The SMILES string of the molecule is C=C(CN(CC(=C)C(=O)OCC)CC(=C)C(=O)OCC)C(=O)OCC. The van der Waals surface area contributed by atoms with Crippen LogP contribution in [0.4, 0.5) is 0 Å². The maximum atomic E-state index is 11.7. The van der Waals surface area contributed by atoms with E-state index in [-0.39, 0.29) is 56.2 Å². The highest BCUT2D eigenvalue weighted by molar-refractivity contribution is 5.90. The van der Waals surface area contributed by atoms with Crippen molar-refractivity contribution in [1.29, 1.82) is 0 Å². The molecule has 0 atom stereocenters. The van der Waals surface area contributed by atoms with Crippen LogP contribution in [0.3, 0.4) is 0 Å². The van der Waals surface area contributed by atoms with Crippen molar-refractivity contribution in [1.82, 2.24) is 4.90 Å². The van der Waals surface area contributed by atoms with Gasteiger partial charge in [-0.25, -0.2) is 14.4 Å². The molecule has 0 spiro atoms. The Kier molecular flexibility index (Phi) is 10.9. The predicted octanol–water partition coefficient (Wildman–Crippen LogP) is 1.65. The van der Waals surface area contributed by atoms with Gasteiger partial charge in [-0.1, -0.05) is 19.7 Å². The molecule has 0 unspecified atom stereocenters. The molecule has 0 amide bonds. The van der Waals surface area contributed by atoms with Crippen LogP contribution in [0.5, 0.6) is 0 Å². The largest absolute Gasteiger partial charge is 0.463 e. The monoisotopic (exact) mass is 353 g/mol. The average Bonchev–Trinajstić information content (AvgIpc) is 2.55. The second-order valence-electron chi connectivity index (χ2n) is 5.12. The van der Waals surface area contributed by atoms with Crippen LogP contribution in [0.2, 0.25) is 0 Å².